The van der Waals surface area contributed by atoms with Gasteiger partial charge in [-0.3, -0.25) is 0 Å². The van der Waals surface area contributed by atoms with E-state index in [0.717, 1.165) is 19.1 Å². The smallest absolute Gasteiger partial charge is 0.345 e. The van der Waals surface area contributed by atoms with Crippen LogP contribution in [-0.4, -0.2) is 0 Å². The second kappa shape index (κ2) is 5.94. The molecule has 4 nitrogen and oxygen atoms in total. The first-order valence-corrected chi connectivity index (χ1v) is 5.34. The quantitative estimate of drug-likeness (QED) is 0.669. The third-order valence-electron chi connectivity index (χ3n) is 2.53. The zero-order valence-corrected chi connectivity index (χ0v) is 10.5. The largest absolute Gasteiger partial charge is 0.418 e. The van der Waals surface area contributed by atoms with Gasteiger partial charge in [-0.15, -0.1) is 0 Å². The molecule has 1 N–H and O–H groups in total. The number of anilines is 1. The summed E-state index contributed by atoms with van der Waals surface area (Å²) in [6, 6.07) is 5.78. The Balaban J connectivity index is 3.52. The lowest BCUT2D eigenvalue weighted by atomic mass is 10.0. The molecule has 0 amide bonds. The molecule has 1 aromatic carbocycles. The van der Waals surface area contributed by atoms with Gasteiger partial charge in [0.05, 0.1) is 11.3 Å². The van der Waals surface area contributed by atoms with Gasteiger partial charge in [0.25, 0.3) is 0 Å². The third kappa shape index (κ3) is 3.29. The van der Waals surface area contributed by atoms with Crippen LogP contribution in [0.2, 0.25) is 0 Å². The highest BCUT2D eigenvalue weighted by Crippen LogP contribution is 2.38. The minimum atomic E-state index is -4.87. The Morgan fingerprint density at radius 3 is 2.10 bits per heavy atom. The summed E-state index contributed by atoms with van der Waals surface area (Å²) < 4.78 is 52.2. The highest BCUT2D eigenvalue weighted by molar-refractivity contribution is 5.64. The molecule has 0 aliphatic carbocycles. The van der Waals surface area contributed by atoms with Gasteiger partial charge in [0.1, 0.15) is 29.7 Å². The summed E-state index contributed by atoms with van der Waals surface area (Å²) in [5.41, 5.74) is -3.88. The fourth-order valence-electron chi connectivity index (χ4n) is 1.57. The molecule has 0 saturated carbocycles. The normalized spacial score (nSPS) is 10.0. The molecule has 0 radical (unpaired) electrons. The van der Waals surface area contributed by atoms with Crippen LogP contribution in [0.5, 0.6) is 0 Å². The van der Waals surface area contributed by atoms with Crippen molar-refractivity contribution >= 4 is 5.69 Å². The van der Waals surface area contributed by atoms with Crippen molar-refractivity contribution in [3.05, 3.63) is 40.3 Å². The molecular weight excluding hydrogens is 288 g/mol. The van der Waals surface area contributed by atoms with Crippen LogP contribution in [0.25, 0.3) is 0 Å². The topological polar surface area (TPSA) is 83.4 Å². The molecule has 8 heteroatoms. The number of benzene rings is 1. The first kappa shape index (κ1) is 16.0. The molecule has 0 aromatic heterocycles. The van der Waals surface area contributed by atoms with Gasteiger partial charge in [-0.05, 0) is 24.6 Å². The molecule has 0 spiro atoms. The minimum Gasteiger partial charge on any atom is -0.345 e. The van der Waals surface area contributed by atoms with Crippen molar-refractivity contribution in [3.8, 4) is 18.2 Å². The second-order valence-electron chi connectivity index (χ2n) is 3.80. The van der Waals surface area contributed by atoms with E-state index in [0.29, 0.717) is 0 Å². The van der Waals surface area contributed by atoms with Crippen LogP contribution in [0.15, 0.2) is 23.4 Å². The summed E-state index contributed by atoms with van der Waals surface area (Å²) in [6.45, 7) is 0.939. The number of alkyl halides is 3. The Bertz CT molecular complexity index is 711. The van der Waals surface area contributed by atoms with E-state index in [9.17, 15) is 17.6 Å². The van der Waals surface area contributed by atoms with E-state index >= 15 is 0 Å². The van der Waals surface area contributed by atoms with E-state index in [1.165, 1.54) is 18.2 Å². The maximum atomic E-state index is 13.3. The van der Waals surface area contributed by atoms with Crippen molar-refractivity contribution in [2.24, 2.45) is 0 Å². The molecule has 21 heavy (non-hydrogen) atoms. The minimum absolute atomic E-state index is 0.610. The standard InChI is InChI=1S/C13H6F4N4/c1-7-9(14)2-3-10(12(7)13(15,16)17)21-11(6-20)8(4-18)5-19/h2-3,21H,1H3. The van der Waals surface area contributed by atoms with Crippen LogP contribution < -0.4 is 5.32 Å². The molecule has 0 aliphatic rings. The predicted molar refractivity (Wildman–Crippen MR) is 63.6 cm³/mol. The Morgan fingerprint density at radius 2 is 1.67 bits per heavy atom. The van der Waals surface area contributed by atoms with Crippen molar-refractivity contribution < 1.29 is 17.6 Å². The lowest BCUT2D eigenvalue weighted by Crippen LogP contribution is -2.14. The highest BCUT2D eigenvalue weighted by Gasteiger charge is 2.36. The molecule has 0 aliphatic heterocycles. The molecule has 0 fully saturated rings. The number of hydrogen-bond donors (Lipinski definition) is 1. The molecule has 106 valence electrons. The molecule has 0 bridgehead atoms. The van der Waals surface area contributed by atoms with Crippen molar-refractivity contribution in [2.45, 2.75) is 13.1 Å². The molecular formula is C13H6F4N4. The number of halogens is 4. The number of nitriles is 3. The van der Waals surface area contributed by atoms with E-state index in [-0.39, 0.29) is 0 Å². The first-order chi connectivity index (χ1) is 9.76. The monoisotopic (exact) mass is 294 g/mol. The van der Waals surface area contributed by atoms with Gasteiger partial charge in [0.2, 0.25) is 0 Å². The van der Waals surface area contributed by atoms with Crippen LogP contribution in [0.4, 0.5) is 23.2 Å². The van der Waals surface area contributed by atoms with Gasteiger partial charge in [-0.25, -0.2) is 4.39 Å². The Kier molecular flexibility index (Phi) is 4.53. The van der Waals surface area contributed by atoms with E-state index in [4.69, 9.17) is 15.8 Å². The van der Waals surface area contributed by atoms with Crippen molar-refractivity contribution in [3.63, 3.8) is 0 Å². The number of allylic oxidation sites excluding steroid dienone is 2. The van der Waals surface area contributed by atoms with Gasteiger partial charge in [-0.2, -0.15) is 29.0 Å². The highest BCUT2D eigenvalue weighted by atomic mass is 19.4. The molecule has 0 atom stereocenters. The van der Waals surface area contributed by atoms with E-state index in [2.05, 4.69) is 5.32 Å². The zero-order chi connectivity index (χ0) is 16.2. The molecule has 0 saturated heterocycles. The Hall–Kier alpha value is -3.05. The first-order valence-electron chi connectivity index (χ1n) is 5.34. The van der Waals surface area contributed by atoms with Crippen LogP contribution in [0, 0.1) is 46.7 Å². The number of hydrogen-bond acceptors (Lipinski definition) is 4. The second-order valence-corrected chi connectivity index (χ2v) is 3.80. The van der Waals surface area contributed by atoms with Gasteiger partial charge in [0, 0.05) is 0 Å². The van der Waals surface area contributed by atoms with Crippen LogP contribution >= 0.6 is 0 Å². The fourth-order valence-corrected chi connectivity index (χ4v) is 1.57. The van der Waals surface area contributed by atoms with Crippen molar-refractivity contribution in [1.82, 2.24) is 0 Å². The summed E-state index contributed by atoms with van der Waals surface area (Å²) in [5.74, 6) is -1.06. The molecule has 0 unspecified atom stereocenters. The van der Waals surface area contributed by atoms with Crippen molar-refractivity contribution in [1.29, 1.82) is 15.8 Å². The van der Waals surface area contributed by atoms with Crippen LogP contribution in [-0.2, 0) is 6.18 Å². The van der Waals surface area contributed by atoms with E-state index in [1.54, 1.807) is 0 Å². The maximum Gasteiger partial charge on any atom is 0.418 e. The lowest BCUT2D eigenvalue weighted by molar-refractivity contribution is -0.137. The SMILES string of the molecule is Cc1c(F)ccc(NC(C#N)=C(C#N)C#N)c1C(F)(F)F. The number of nitrogens with zero attached hydrogens (tertiary/aromatic N) is 3. The summed E-state index contributed by atoms with van der Waals surface area (Å²) in [5, 5.41) is 28.1. The summed E-state index contributed by atoms with van der Waals surface area (Å²) in [6.07, 6.45) is -4.87. The fraction of sp³-hybridized carbons (Fsp3) is 0.154. The average molecular weight is 294 g/mol. The van der Waals surface area contributed by atoms with E-state index in [1.807, 2.05) is 0 Å². The van der Waals surface area contributed by atoms with Gasteiger partial charge >= 0.3 is 6.18 Å². The molecule has 0 heterocycles. The summed E-state index contributed by atoms with van der Waals surface area (Å²) in [7, 11) is 0. The van der Waals surface area contributed by atoms with Crippen LogP contribution in [0.3, 0.4) is 0 Å². The molecule has 1 rings (SSSR count). The van der Waals surface area contributed by atoms with Crippen molar-refractivity contribution in [2.75, 3.05) is 5.32 Å². The van der Waals surface area contributed by atoms with Crippen LogP contribution in [0.1, 0.15) is 11.1 Å². The number of rotatable bonds is 2. The van der Waals surface area contributed by atoms with Gasteiger partial charge < -0.3 is 5.32 Å². The Labute approximate surface area is 117 Å². The summed E-state index contributed by atoms with van der Waals surface area (Å²) in [4.78, 5) is 0. The number of nitrogens with one attached hydrogen (secondary N) is 1. The Morgan fingerprint density at radius 1 is 1.10 bits per heavy atom. The molecule has 1 aromatic rings. The van der Waals surface area contributed by atoms with E-state index < -0.39 is 40.1 Å². The average Bonchev–Trinajstić information content (AvgIpc) is 2.41. The van der Waals surface area contributed by atoms with Gasteiger partial charge in [0.15, 0.2) is 5.57 Å². The summed E-state index contributed by atoms with van der Waals surface area (Å²) >= 11 is 0. The van der Waals surface area contributed by atoms with Gasteiger partial charge in [-0.1, -0.05) is 0 Å². The zero-order valence-electron chi connectivity index (χ0n) is 10.5. The third-order valence-corrected chi connectivity index (χ3v) is 2.53. The lowest BCUT2D eigenvalue weighted by Gasteiger charge is -2.17. The predicted octanol–water partition coefficient (Wildman–Crippen LogP) is 3.39. The maximum absolute atomic E-state index is 13.3.